The van der Waals surface area contributed by atoms with Crippen LogP contribution in [0.3, 0.4) is 0 Å². The highest BCUT2D eigenvalue weighted by Crippen LogP contribution is 2.55. The quantitative estimate of drug-likeness (QED) is 0.160. The van der Waals surface area contributed by atoms with E-state index in [-0.39, 0.29) is 5.41 Å². The van der Waals surface area contributed by atoms with Crippen molar-refractivity contribution in [1.29, 1.82) is 0 Å². The molecule has 1 atom stereocenters. The van der Waals surface area contributed by atoms with Gasteiger partial charge in [0.05, 0.1) is 11.4 Å². The first-order chi connectivity index (χ1) is 31.1. The number of aromatic nitrogens is 2. The lowest BCUT2D eigenvalue weighted by atomic mass is 9.74. The monoisotopic (exact) mass is 820 g/mol. The van der Waals surface area contributed by atoms with Gasteiger partial charge in [-0.15, -0.1) is 11.3 Å². The van der Waals surface area contributed by atoms with Crippen molar-refractivity contribution >= 4 is 31.5 Å². The minimum atomic E-state index is -0.302. The molecule has 1 aliphatic carbocycles. The van der Waals surface area contributed by atoms with Gasteiger partial charge in [-0.25, -0.2) is 9.97 Å². The van der Waals surface area contributed by atoms with Crippen molar-refractivity contribution in [2.45, 2.75) is 12.3 Å². The molecular weight excluding hydrogens is 781 g/mol. The van der Waals surface area contributed by atoms with Crippen LogP contribution in [0.2, 0.25) is 0 Å². The maximum absolute atomic E-state index is 5.40. The summed E-state index contributed by atoms with van der Waals surface area (Å²) in [4.78, 5) is 10.8. The van der Waals surface area contributed by atoms with E-state index in [0.29, 0.717) is 5.82 Å². The van der Waals surface area contributed by atoms with Gasteiger partial charge in [0.2, 0.25) is 0 Å². The minimum Gasteiger partial charge on any atom is -0.228 e. The summed E-state index contributed by atoms with van der Waals surface area (Å²) in [5.74, 6) is 0.692. The third-order valence-electron chi connectivity index (χ3n) is 13.0. The maximum Gasteiger partial charge on any atom is 0.160 e. The molecule has 1 aliphatic rings. The van der Waals surface area contributed by atoms with Gasteiger partial charge in [-0.1, -0.05) is 182 Å². The van der Waals surface area contributed by atoms with Gasteiger partial charge in [0.25, 0.3) is 0 Å². The van der Waals surface area contributed by atoms with E-state index < -0.39 is 0 Å². The molecule has 12 rings (SSSR count). The first-order valence-electron chi connectivity index (χ1n) is 21.6. The molecule has 296 valence electrons. The highest BCUT2D eigenvalue weighted by molar-refractivity contribution is 7.25. The van der Waals surface area contributed by atoms with Crippen molar-refractivity contribution in [3.8, 4) is 78.4 Å². The van der Waals surface area contributed by atoms with Gasteiger partial charge in [-0.2, -0.15) is 0 Å². The number of rotatable bonds is 7. The van der Waals surface area contributed by atoms with Crippen molar-refractivity contribution < 1.29 is 0 Å². The Kier molecular flexibility index (Phi) is 8.84. The Morgan fingerprint density at radius 3 is 1.75 bits per heavy atom. The lowest BCUT2D eigenvalue weighted by Crippen LogP contribution is -2.22. The van der Waals surface area contributed by atoms with Crippen molar-refractivity contribution in [2.24, 2.45) is 0 Å². The molecule has 0 bridgehead atoms. The Labute approximate surface area is 371 Å². The second-order valence-electron chi connectivity index (χ2n) is 16.6. The van der Waals surface area contributed by atoms with E-state index in [2.05, 4.69) is 225 Å². The summed E-state index contributed by atoms with van der Waals surface area (Å²) >= 11 is 1.85. The van der Waals surface area contributed by atoms with Crippen LogP contribution in [0.5, 0.6) is 0 Å². The number of hydrogen-bond acceptors (Lipinski definition) is 3. The third kappa shape index (κ3) is 6.23. The van der Waals surface area contributed by atoms with Gasteiger partial charge in [-0.05, 0) is 111 Å². The van der Waals surface area contributed by atoms with Gasteiger partial charge in [0, 0.05) is 42.3 Å². The Hall–Kier alpha value is -7.72. The average Bonchev–Trinajstić information content (AvgIpc) is 3.87. The molecule has 2 nitrogen and oxygen atoms in total. The predicted molar refractivity (Wildman–Crippen MR) is 265 cm³/mol. The summed E-state index contributed by atoms with van der Waals surface area (Å²) in [7, 11) is 0. The first-order valence-corrected chi connectivity index (χ1v) is 22.4. The topological polar surface area (TPSA) is 25.8 Å². The highest BCUT2D eigenvalue weighted by atomic mass is 32.1. The number of hydrogen-bond donors (Lipinski definition) is 0. The standard InChI is InChI=1S/C60H40N2S/c1-60(45-22-9-4-10-23-45)52-29-15-13-27-50(52)58-47(28-17-30-53(58)60)43-34-42(39-18-5-2-6-19-39)35-44(36-43)54-38-55(62-59(61-54)40-20-7-3-8-21-40)48-25-12-11-24-46(48)41-32-33-57-51(37-41)49-26-14-16-31-56(49)63-57/h2-38H,1H3. The van der Waals surface area contributed by atoms with Gasteiger partial charge in [0.15, 0.2) is 5.82 Å². The van der Waals surface area contributed by atoms with E-state index in [9.17, 15) is 0 Å². The zero-order chi connectivity index (χ0) is 41.9. The Balaban J connectivity index is 1.08. The largest absolute Gasteiger partial charge is 0.228 e. The van der Waals surface area contributed by atoms with Gasteiger partial charge in [-0.3, -0.25) is 0 Å². The minimum absolute atomic E-state index is 0.302. The molecule has 2 heterocycles. The second-order valence-corrected chi connectivity index (χ2v) is 17.7. The fourth-order valence-electron chi connectivity index (χ4n) is 9.89. The molecule has 0 N–H and O–H groups in total. The number of benzene rings is 9. The molecule has 63 heavy (non-hydrogen) atoms. The molecule has 0 saturated heterocycles. The summed E-state index contributed by atoms with van der Waals surface area (Å²) < 4.78 is 2.59. The van der Waals surface area contributed by atoms with Crippen LogP contribution < -0.4 is 0 Å². The van der Waals surface area contributed by atoms with Crippen LogP contribution >= 0.6 is 11.3 Å². The van der Waals surface area contributed by atoms with E-state index in [0.717, 1.165) is 55.9 Å². The van der Waals surface area contributed by atoms with Gasteiger partial charge < -0.3 is 0 Å². The van der Waals surface area contributed by atoms with Gasteiger partial charge >= 0.3 is 0 Å². The first kappa shape index (κ1) is 37.1. The summed E-state index contributed by atoms with van der Waals surface area (Å²) in [5.41, 5.74) is 18.0. The average molecular weight is 821 g/mol. The van der Waals surface area contributed by atoms with Crippen molar-refractivity contribution in [3.05, 3.63) is 241 Å². The van der Waals surface area contributed by atoms with Crippen LogP contribution in [-0.4, -0.2) is 9.97 Å². The van der Waals surface area contributed by atoms with Crippen LogP contribution in [0.25, 0.3) is 98.6 Å². The van der Waals surface area contributed by atoms with Crippen molar-refractivity contribution in [3.63, 3.8) is 0 Å². The molecule has 0 fully saturated rings. The Morgan fingerprint density at radius 2 is 0.937 bits per heavy atom. The third-order valence-corrected chi connectivity index (χ3v) is 14.1. The van der Waals surface area contributed by atoms with Gasteiger partial charge in [0.1, 0.15) is 0 Å². The Morgan fingerprint density at radius 1 is 0.349 bits per heavy atom. The van der Waals surface area contributed by atoms with Crippen LogP contribution in [0.1, 0.15) is 23.6 Å². The van der Waals surface area contributed by atoms with Crippen LogP contribution in [0.15, 0.2) is 224 Å². The molecule has 11 aromatic rings. The predicted octanol–water partition coefficient (Wildman–Crippen LogP) is 16.2. The number of fused-ring (bicyclic) bond motifs is 6. The maximum atomic E-state index is 5.40. The fraction of sp³-hybridized carbons (Fsp3) is 0.0333. The molecule has 0 radical (unpaired) electrons. The van der Waals surface area contributed by atoms with Crippen LogP contribution in [0, 0.1) is 0 Å². The van der Waals surface area contributed by atoms with Crippen LogP contribution in [0.4, 0.5) is 0 Å². The Bertz CT molecular complexity index is 3520. The lowest BCUT2D eigenvalue weighted by molar-refractivity contribution is 0.714. The SMILES string of the molecule is CC1(c2ccccc2)c2ccccc2-c2c(-c3cc(-c4ccccc4)cc(-c4cc(-c5ccccc5-c5ccc6sc7ccccc7c6c5)nc(-c5ccccc5)n4)c3)cccc21. The molecule has 0 saturated carbocycles. The second kappa shape index (κ2) is 15.0. The molecular formula is C60H40N2S. The zero-order valence-electron chi connectivity index (χ0n) is 34.7. The fourth-order valence-corrected chi connectivity index (χ4v) is 11.0. The van der Waals surface area contributed by atoms with Crippen molar-refractivity contribution in [2.75, 3.05) is 0 Å². The summed E-state index contributed by atoms with van der Waals surface area (Å²) in [6.07, 6.45) is 0. The van der Waals surface area contributed by atoms with E-state index in [1.54, 1.807) is 0 Å². The normalized spacial score (nSPS) is 14.2. The highest BCUT2D eigenvalue weighted by Gasteiger charge is 2.41. The summed E-state index contributed by atoms with van der Waals surface area (Å²) in [5, 5.41) is 2.57. The molecule has 1 unspecified atom stereocenters. The summed E-state index contributed by atoms with van der Waals surface area (Å²) in [6, 6.07) is 81.3. The molecule has 2 aromatic heterocycles. The number of nitrogens with zero attached hydrogens (tertiary/aromatic N) is 2. The molecule has 3 heteroatoms. The van der Waals surface area contributed by atoms with Crippen molar-refractivity contribution in [1.82, 2.24) is 9.97 Å². The zero-order valence-corrected chi connectivity index (χ0v) is 35.5. The number of thiophene rings is 1. The summed E-state index contributed by atoms with van der Waals surface area (Å²) in [6.45, 7) is 2.38. The molecule has 0 aliphatic heterocycles. The van der Waals surface area contributed by atoms with E-state index in [1.165, 1.54) is 53.6 Å². The smallest absolute Gasteiger partial charge is 0.160 e. The van der Waals surface area contributed by atoms with E-state index in [1.807, 2.05) is 17.4 Å². The van der Waals surface area contributed by atoms with E-state index in [4.69, 9.17) is 9.97 Å². The lowest BCUT2D eigenvalue weighted by Gasteiger charge is -2.28. The van der Waals surface area contributed by atoms with E-state index >= 15 is 0 Å². The van der Waals surface area contributed by atoms with Crippen LogP contribution in [-0.2, 0) is 5.41 Å². The molecule has 0 amide bonds. The molecule has 9 aromatic carbocycles. The molecule has 0 spiro atoms.